The van der Waals surface area contributed by atoms with Crippen molar-refractivity contribution >= 4 is 53.3 Å². The minimum absolute atomic E-state index is 0.0261. The summed E-state index contributed by atoms with van der Waals surface area (Å²) in [7, 11) is 0. The van der Waals surface area contributed by atoms with Crippen LogP contribution in [0.25, 0.3) is 0 Å². The highest BCUT2D eigenvalue weighted by Gasteiger charge is 2.43. The lowest BCUT2D eigenvalue weighted by Gasteiger charge is -2.46. The number of nitrogens with one attached hydrogen (secondary N) is 1. The molecule has 1 heterocycles. The topological polar surface area (TPSA) is 72.4 Å². The molecular formula is C14H28N3O4PS3. The lowest BCUT2D eigenvalue weighted by molar-refractivity contribution is -0.00652. The minimum atomic E-state index is -2.65. The average molecular weight is 430 g/mol. The van der Waals surface area contributed by atoms with E-state index in [1.54, 1.807) is 6.92 Å². The summed E-state index contributed by atoms with van der Waals surface area (Å²) in [4.78, 5) is 16.4. The van der Waals surface area contributed by atoms with Gasteiger partial charge in [-0.3, -0.25) is 4.84 Å². The normalized spacial score (nSPS) is 26.8. The number of thioether (sulfide) groups is 1. The molecule has 0 saturated carbocycles. The number of carbonyl (C=O) groups is 1. The molecule has 1 saturated heterocycles. The summed E-state index contributed by atoms with van der Waals surface area (Å²) >= 11 is 8.54. The second-order valence-corrected chi connectivity index (χ2v) is 11.8. The zero-order valence-corrected chi connectivity index (χ0v) is 19.1. The predicted molar refractivity (Wildman–Crippen MR) is 110 cm³/mol. The summed E-state index contributed by atoms with van der Waals surface area (Å²) in [5.41, 5.74) is -0.336. The van der Waals surface area contributed by atoms with Crippen molar-refractivity contribution in [3.63, 3.8) is 0 Å². The lowest BCUT2D eigenvalue weighted by atomic mass is 10.0. The van der Waals surface area contributed by atoms with Crippen LogP contribution in [0.2, 0.25) is 0 Å². The first-order chi connectivity index (χ1) is 11.5. The van der Waals surface area contributed by atoms with E-state index in [0.29, 0.717) is 5.04 Å². The van der Waals surface area contributed by atoms with Gasteiger partial charge in [-0.1, -0.05) is 5.16 Å². The Morgan fingerprint density at radius 1 is 1.56 bits per heavy atom. The van der Waals surface area contributed by atoms with Crippen LogP contribution in [0.3, 0.4) is 0 Å². The maximum absolute atomic E-state index is 11.7. The van der Waals surface area contributed by atoms with Crippen LogP contribution in [-0.4, -0.2) is 45.1 Å². The summed E-state index contributed by atoms with van der Waals surface area (Å²) in [5.74, 6) is 0.283. The van der Waals surface area contributed by atoms with Crippen molar-refractivity contribution in [1.82, 2.24) is 9.39 Å². The first-order valence-electron chi connectivity index (χ1n) is 7.94. The number of amides is 1. The standard InChI is InChI=1S/C14H28N3O4PS3/c1-10(2)17(22(23)20-11(3)8-14(5,6)21-22)25-9-15-13(18)19-16-12(4)24-7/h10-11H,8-9H2,1-7H3,(H,15,18)/b16-12+. The van der Waals surface area contributed by atoms with Crippen molar-refractivity contribution < 1.29 is 18.7 Å². The molecule has 0 radical (unpaired) electrons. The summed E-state index contributed by atoms with van der Waals surface area (Å²) in [6, 6.07) is 0.0894. The number of hydrogen-bond donors (Lipinski definition) is 1. The van der Waals surface area contributed by atoms with Gasteiger partial charge in [0.05, 0.1) is 17.6 Å². The van der Waals surface area contributed by atoms with Gasteiger partial charge < -0.3 is 14.4 Å². The van der Waals surface area contributed by atoms with Gasteiger partial charge in [-0.15, -0.1) is 11.8 Å². The molecule has 0 spiro atoms. The van der Waals surface area contributed by atoms with E-state index in [1.807, 2.05) is 45.0 Å². The monoisotopic (exact) mass is 429 g/mol. The molecule has 1 amide bonds. The van der Waals surface area contributed by atoms with E-state index in [4.69, 9.17) is 25.7 Å². The number of oxime groups is 1. The molecule has 25 heavy (non-hydrogen) atoms. The van der Waals surface area contributed by atoms with E-state index >= 15 is 0 Å². The van der Waals surface area contributed by atoms with E-state index in [9.17, 15) is 4.79 Å². The van der Waals surface area contributed by atoms with Gasteiger partial charge in [0.2, 0.25) is 0 Å². The smallest absolute Gasteiger partial charge is 0.314 e. The van der Waals surface area contributed by atoms with Crippen molar-refractivity contribution in [3.05, 3.63) is 0 Å². The lowest BCUT2D eigenvalue weighted by Crippen LogP contribution is -2.39. The third kappa shape index (κ3) is 7.74. The molecule has 7 nitrogen and oxygen atoms in total. The van der Waals surface area contributed by atoms with Gasteiger partial charge in [0.25, 0.3) is 6.64 Å². The van der Waals surface area contributed by atoms with Crippen LogP contribution in [0.15, 0.2) is 5.16 Å². The molecule has 2 unspecified atom stereocenters. The fraction of sp³-hybridized carbons (Fsp3) is 0.857. The summed E-state index contributed by atoms with van der Waals surface area (Å²) in [6.45, 7) is 9.21. The molecular weight excluding hydrogens is 401 g/mol. The van der Waals surface area contributed by atoms with Gasteiger partial charge in [0, 0.05) is 12.5 Å². The van der Waals surface area contributed by atoms with E-state index < -0.39 is 12.7 Å². The number of carbonyl (C=O) groups excluding carboxylic acids is 1. The quantitative estimate of drug-likeness (QED) is 0.125. The Balaban J connectivity index is 2.66. The van der Waals surface area contributed by atoms with Crippen LogP contribution in [0.1, 0.15) is 48.0 Å². The number of hydrogen-bond acceptors (Lipinski definition) is 8. The fourth-order valence-corrected chi connectivity index (χ4v) is 7.98. The van der Waals surface area contributed by atoms with Crippen molar-refractivity contribution in [2.24, 2.45) is 5.16 Å². The van der Waals surface area contributed by atoms with Crippen molar-refractivity contribution in [2.75, 3.05) is 12.1 Å². The summed E-state index contributed by atoms with van der Waals surface area (Å²) in [5, 5.41) is 7.00. The van der Waals surface area contributed by atoms with Gasteiger partial charge in [0.1, 0.15) is 5.04 Å². The van der Waals surface area contributed by atoms with Crippen LogP contribution < -0.4 is 5.32 Å². The molecule has 1 N–H and O–H groups in total. The van der Waals surface area contributed by atoms with Crippen LogP contribution in [0.5, 0.6) is 0 Å². The molecule has 0 aromatic carbocycles. The van der Waals surface area contributed by atoms with E-state index in [1.165, 1.54) is 23.7 Å². The zero-order valence-electron chi connectivity index (χ0n) is 15.8. The summed E-state index contributed by atoms with van der Waals surface area (Å²) < 4.78 is 14.1. The molecule has 0 aromatic rings. The molecule has 2 atom stereocenters. The molecule has 0 aliphatic carbocycles. The number of rotatable bonds is 6. The molecule has 1 aliphatic heterocycles. The molecule has 11 heteroatoms. The van der Waals surface area contributed by atoms with Gasteiger partial charge >= 0.3 is 6.09 Å². The Bertz CT molecular complexity index is 545. The third-order valence-electron chi connectivity index (χ3n) is 3.10. The average Bonchev–Trinajstić information content (AvgIpc) is 2.45. The van der Waals surface area contributed by atoms with E-state index in [2.05, 4.69) is 10.5 Å². The Kier molecular flexibility index (Phi) is 9.21. The van der Waals surface area contributed by atoms with Crippen molar-refractivity contribution in [2.45, 2.75) is 65.7 Å². The molecule has 1 fully saturated rings. The molecule has 1 aliphatic rings. The highest BCUT2D eigenvalue weighted by molar-refractivity contribution is 8.15. The molecule has 0 bridgehead atoms. The van der Waals surface area contributed by atoms with Crippen LogP contribution in [0.4, 0.5) is 4.79 Å². The number of nitrogens with zero attached hydrogens (tertiary/aromatic N) is 2. The van der Waals surface area contributed by atoms with Gasteiger partial charge in [-0.25, -0.2) is 4.79 Å². The maximum atomic E-state index is 11.7. The second kappa shape index (κ2) is 9.92. The Morgan fingerprint density at radius 3 is 2.72 bits per heavy atom. The van der Waals surface area contributed by atoms with Gasteiger partial charge in [-0.2, -0.15) is 4.08 Å². The van der Waals surface area contributed by atoms with E-state index in [-0.39, 0.29) is 23.6 Å². The third-order valence-corrected chi connectivity index (χ3v) is 9.34. The molecule has 1 rings (SSSR count). The fourth-order valence-electron chi connectivity index (χ4n) is 2.25. The molecule has 0 aromatic heterocycles. The Hall–Kier alpha value is 0.170. The minimum Gasteiger partial charge on any atom is -0.314 e. The first-order valence-corrected chi connectivity index (χ1v) is 12.7. The van der Waals surface area contributed by atoms with Crippen LogP contribution in [0, 0.1) is 0 Å². The SMILES string of the molecule is CS/C(C)=N/OC(=O)NCSN(C(C)C)P1(=S)OC(C)CC(C)(C)O1. The first kappa shape index (κ1) is 23.2. The van der Waals surface area contributed by atoms with Crippen LogP contribution >= 0.6 is 30.4 Å². The van der Waals surface area contributed by atoms with Gasteiger partial charge in [0.15, 0.2) is 0 Å². The predicted octanol–water partition coefficient (Wildman–Crippen LogP) is 4.55. The maximum Gasteiger partial charge on any atom is 0.434 e. The van der Waals surface area contributed by atoms with Crippen molar-refractivity contribution in [3.8, 4) is 0 Å². The Morgan fingerprint density at radius 2 is 2.20 bits per heavy atom. The summed E-state index contributed by atoms with van der Waals surface area (Å²) in [6.07, 6.45) is 2.06. The largest absolute Gasteiger partial charge is 0.434 e. The van der Waals surface area contributed by atoms with Crippen molar-refractivity contribution in [1.29, 1.82) is 0 Å². The van der Waals surface area contributed by atoms with Gasteiger partial charge in [-0.05, 0) is 71.6 Å². The van der Waals surface area contributed by atoms with Crippen LogP contribution in [-0.2, 0) is 25.7 Å². The Labute approximate surface area is 164 Å². The zero-order chi connectivity index (χ0) is 19.3. The molecule has 146 valence electrons. The highest BCUT2D eigenvalue weighted by atomic mass is 32.5. The second-order valence-electron chi connectivity index (χ2n) is 6.48. The van der Waals surface area contributed by atoms with E-state index in [0.717, 1.165) is 6.42 Å². The highest BCUT2D eigenvalue weighted by Crippen LogP contribution is 2.63.